The first-order chi connectivity index (χ1) is 6.70. The molecule has 0 radical (unpaired) electrons. The fraction of sp³-hybridized carbons (Fsp3) is 0.444. The molecule has 1 aliphatic heterocycles. The van der Waals surface area contributed by atoms with Gasteiger partial charge in [0.25, 0.3) is 0 Å². The van der Waals surface area contributed by atoms with E-state index in [1.165, 1.54) is 6.34 Å². The molecule has 0 saturated heterocycles. The highest BCUT2D eigenvalue weighted by Gasteiger charge is 2.28. The zero-order valence-corrected chi connectivity index (χ0v) is 7.99. The van der Waals surface area contributed by atoms with Gasteiger partial charge in [-0.05, 0) is 6.92 Å². The molecule has 5 heteroatoms. The quantitative estimate of drug-likeness (QED) is 0.409. The van der Waals surface area contributed by atoms with Crippen molar-refractivity contribution in [1.82, 2.24) is 5.32 Å². The van der Waals surface area contributed by atoms with Gasteiger partial charge < -0.3 is 11.1 Å². The summed E-state index contributed by atoms with van der Waals surface area (Å²) in [5.74, 6) is 2.47. The topological polar surface area (TPSA) is 86.6 Å². The summed E-state index contributed by atoms with van der Waals surface area (Å²) in [6, 6.07) is 0. The molecule has 1 aliphatic rings. The Kier molecular flexibility index (Phi) is 3.37. The number of hydrogen-bond donors (Lipinski definition) is 3. The van der Waals surface area contributed by atoms with Gasteiger partial charge in [-0.25, -0.2) is 0 Å². The van der Waals surface area contributed by atoms with Gasteiger partial charge >= 0.3 is 0 Å². The lowest BCUT2D eigenvalue weighted by Crippen LogP contribution is -2.48. The molecule has 0 aromatic carbocycles. The van der Waals surface area contributed by atoms with Crippen LogP contribution in [0, 0.1) is 23.7 Å². The van der Waals surface area contributed by atoms with Crippen LogP contribution in [-0.4, -0.2) is 30.6 Å². The van der Waals surface area contributed by atoms with Crippen LogP contribution in [-0.2, 0) is 0 Å². The molecule has 0 fully saturated rings. The fourth-order valence-electron chi connectivity index (χ4n) is 1.24. The predicted molar refractivity (Wildman–Crippen MR) is 57.6 cm³/mol. The van der Waals surface area contributed by atoms with Gasteiger partial charge in [0.1, 0.15) is 17.9 Å². The van der Waals surface area contributed by atoms with Crippen molar-refractivity contribution >= 4 is 17.9 Å². The van der Waals surface area contributed by atoms with Crippen molar-refractivity contribution in [3.63, 3.8) is 0 Å². The average Bonchev–Trinajstić information content (AvgIpc) is 2.18. The Morgan fingerprint density at radius 1 is 1.93 bits per heavy atom. The van der Waals surface area contributed by atoms with Gasteiger partial charge in [-0.15, -0.1) is 6.42 Å². The van der Waals surface area contributed by atoms with Crippen molar-refractivity contribution in [2.24, 2.45) is 21.6 Å². The molecule has 0 aromatic heterocycles. The van der Waals surface area contributed by atoms with Crippen LogP contribution in [0.1, 0.15) is 6.92 Å². The van der Waals surface area contributed by atoms with E-state index in [1.807, 2.05) is 6.92 Å². The number of hydrogen-bond acceptors (Lipinski definition) is 4. The zero-order chi connectivity index (χ0) is 10.6. The second-order valence-corrected chi connectivity index (χ2v) is 2.81. The number of nitrogens with zero attached hydrogens (tertiary/aromatic N) is 2. The van der Waals surface area contributed by atoms with E-state index in [9.17, 15) is 0 Å². The van der Waals surface area contributed by atoms with E-state index >= 15 is 0 Å². The number of nitrogens with one attached hydrogen (secondary N) is 2. The Bertz CT molecular complexity index is 323. The molecular formula is C9H13N5. The molecule has 74 valence electrons. The average molecular weight is 191 g/mol. The molecular weight excluding hydrogens is 178 g/mol. The second-order valence-electron chi connectivity index (χ2n) is 2.81. The van der Waals surface area contributed by atoms with Gasteiger partial charge in [-0.3, -0.25) is 15.4 Å². The minimum absolute atomic E-state index is 0.106. The molecule has 0 aromatic rings. The number of amidine groups is 1. The lowest BCUT2D eigenvalue weighted by molar-refractivity contribution is 0.639. The molecule has 0 aliphatic carbocycles. The first-order valence-electron chi connectivity index (χ1n) is 4.33. The van der Waals surface area contributed by atoms with Crippen LogP contribution in [0.4, 0.5) is 0 Å². The van der Waals surface area contributed by atoms with Crippen molar-refractivity contribution in [2.75, 3.05) is 6.54 Å². The van der Waals surface area contributed by atoms with Gasteiger partial charge in [-0.1, -0.05) is 5.92 Å². The van der Waals surface area contributed by atoms with Crippen LogP contribution in [0.15, 0.2) is 9.98 Å². The Morgan fingerprint density at radius 3 is 3.21 bits per heavy atom. The van der Waals surface area contributed by atoms with Crippen molar-refractivity contribution in [2.45, 2.75) is 13.1 Å². The first-order valence-corrected chi connectivity index (χ1v) is 4.33. The van der Waals surface area contributed by atoms with Crippen LogP contribution in [0.25, 0.3) is 0 Å². The number of nitrogens with two attached hydrogens (primary N) is 1. The van der Waals surface area contributed by atoms with Gasteiger partial charge in [0.2, 0.25) is 0 Å². The second kappa shape index (κ2) is 4.53. The smallest absolute Gasteiger partial charge is 0.115 e. The standard InChI is InChI=1S/C9H13N5/c1-3-6(10)7-8(11)13-5-14-9(7)12-4-2/h1,5,7-8,10H,4,11H2,2H3,(H,12,13,14). The lowest BCUT2D eigenvalue weighted by atomic mass is 9.98. The Labute approximate surface area is 83.0 Å². The highest BCUT2D eigenvalue weighted by molar-refractivity contribution is 6.16. The number of rotatable bonds is 2. The van der Waals surface area contributed by atoms with Crippen molar-refractivity contribution in [1.29, 1.82) is 5.41 Å². The van der Waals surface area contributed by atoms with E-state index in [0.29, 0.717) is 12.4 Å². The summed E-state index contributed by atoms with van der Waals surface area (Å²) in [7, 11) is 0. The third-order valence-corrected chi connectivity index (χ3v) is 1.89. The summed E-state index contributed by atoms with van der Waals surface area (Å²) < 4.78 is 0. The summed E-state index contributed by atoms with van der Waals surface area (Å²) in [4.78, 5) is 8.12. The number of aliphatic imine (C=N–C) groups is 2. The Balaban J connectivity index is 2.96. The maximum absolute atomic E-state index is 7.56. The number of terminal acetylenes is 1. The SMILES string of the molecule is C#CC(=N)C1C(=NCC)NC=NC1N. The maximum Gasteiger partial charge on any atom is 0.115 e. The molecule has 14 heavy (non-hydrogen) atoms. The van der Waals surface area contributed by atoms with E-state index in [4.69, 9.17) is 17.6 Å². The van der Waals surface area contributed by atoms with E-state index in [-0.39, 0.29) is 5.71 Å². The molecule has 5 nitrogen and oxygen atoms in total. The van der Waals surface area contributed by atoms with Crippen LogP contribution < -0.4 is 11.1 Å². The predicted octanol–water partition coefficient (Wildman–Crippen LogP) is -0.410. The largest absolute Gasteiger partial charge is 0.335 e. The summed E-state index contributed by atoms with van der Waals surface area (Å²) in [5.41, 5.74) is 5.83. The van der Waals surface area contributed by atoms with Crippen molar-refractivity contribution in [3.8, 4) is 12.3 Å². The van der Waals surface area contributed by atoms with Crippen molar-refractivity contribution < 1.29 is 0 Å². The Morgan fingerprint density at radius 2 is 2.64 bits per heavy atom. The molecule has 0 amide bonds. The maximum atomic E-state index is 7.56. The molecule has 0 bridgehead atoms. The molecule has 1 heterocycles. The highest BCUT2D eigenvalue weighted by atomic mass is 15.1. The van der Waals surface area contributed by atoms with E-state index in [2.05, 4.69) is 21.2 Å². The molecule has 2 unspecified atom stereocenters. The summed E-state index contributed by atoms with van der Waals surface area (Å²) in [6.45, 7) is 2.53. The third kappa shape index (κ3) is 1.98. The lowest BCUT2D eigenvalue weighted by Gasteiger charge is -2.24. The fourth-order valence-corrected chi connectivity index (χ4v) is 1.24. The van der Waals surface area contributed by atoms with E-state index in [0.717, 1.165) is 0 Å². The molecule has 0 saturated carbocycles. The minimum atomic E-state index is -0.509. The summed E-state index contributed by atoms with van der Waals surface area (Å²) in [5, 5.41) is 10.4. The summed E-state index contributed by atoms with van der Waals surface area (Å²) >= 11 is 0. The van der Waals surface area contributed by atoms with Gasteiger partial charge in [0.15, 0.2) is 0 Å². The molecule has 0 spiro atoms. The van der Waals surface area contributed by atoms with Gasteiger partial charge in [0.05, 0.1) is 12.1 Å². The molecule has 1 rings (SSSR count). The van der Waals surface area contributed by atoms with Gasteiger partial charge in [0, 0.05) is 6.54 Å². The minimum Gasteiger partial charge on any atom is -0.335 e. The van der Waals surface area contributed by atoms with Crippen LogP contribution in [0.2, 0.25) is 0 Å². The Hall–Kier alpha value is -1.67. The molecule has 2 atom stereocenters. The van der Waals surface area contributed by atoms with E-state index in [1.54, 1.807) is 0 Å². The monoisotopic (exact) mass is 191 g/mol. The van der Waals surface area contributed by atoms with Crippen LogP contribution in [0.5, 0.6) is 0 Å². The first kappa shape index (κ1) is 10.4. The molecule has 4 N–H and O–H groups in total. The van der Waals surface area contributed by atoms with Crippen LogP contribution >= 0.6 is 0 Å². The summed E-state index contributed by atoms with van der Waals surface area (Å²) in [6.07, 6.45) is 6.14. The third-order valence-electron chi connectivity index (χ3n) is 1.89. The van der Waals surface area contributed by atoms with E-state index < -0.39 is 12.1 Å². The highest BCUT2D eigenvalue weighted by Crippen LogP contribution is 2.09. The van der Waals surface area contributed by atoms with Crippen molar-refractivity contribution in [3.05, 3.63) is 0 Å². The van der Waals surface area contributed by atoms with Crippen LogP contribution in [0.3, 0.4) is 0 Å². The normalized spacial score (nSPS) is 28.2. The van der Waals surface area contributed by atoms with Gasteiger partial charge in [-0.2, -0.15) is 0 Å². The zero-order valence-electron chi connectivity index (χ0n) is 7.99.